The summed E-state index contributed by atoms with van der Waals surface area (Å²) in [5.74, 6) is 0.781. The van der Waals surface area contributed by atoms with Crippen molar-refractivity contribution in [1.82, 2.24) is 10.2 Å². The van der Waals surface area contributed by atoms with Crippen molar-refractivity contribution in [2.24, 2.45) is 0 Å². The minimum Gasteiger partial charge on any atom is -0.469 e. The molecule has 0 bridgehead atoms. The molecular weight excluding hydrogens is 216 g/mol. The summed E-state index contributed by atoms with van der Waals surface area (Å²) in [6.07, 6.45) is 2.10. The number of hydrogen-bond donors (Lipinski definition) is 2. The Kier molecular flexibility index (Phi) is 2.91. The van der Waals surface area contributed by atoms with Crippen LogP contribution < -0.4 is 5.73 Å². The van der Waals surface area contributed by atoms with Crippen molar-refractivity contribution in [1.29, 1.82) is 5.41 Å². The van der Waals surface area contributed by atoms with Crippen LogP contribution in [0.5, 0.6) is 0 Å². The van der Waals surface area contributed by atoms with E-state index in [0.717, 1.165) is 5.76 Å². The summed E-state index contributed by atoms with van der Waals surface area (Å²) in [6.45, 7) is 3.49. The fourth-order valence-corrected chi connectivity index (χ4v) is 1.76. The number of hydrogen-bond acceptors (Lipinski definition) is 5. The zero-order valence-electron chi connectivity index (χ0n) is 9.82. The second kappa shape index (κ2) is 4.37. The molecule has 0 spiro atoms. The molecule has 0 aliphatic carbocycles. The van der Waals surface area contributed by atoms with Gasteiger partial charge in [0.25, 0.3) is 0 Å². The Morgan fingerprint density at radius 3 is 2.82 bits per heavy atom. The fourth-order valence-electron chi connectivity index (χ4n) is 1.76. The summed E-state index contributed by atoms with van der Waals surface area (Å²) in [7, 11) is 0. The smallest absolute Gasteiger partial charge is 0.109 e. The molecule has 5 nitrogen and oxygen atoms in total. The number of nitrogens with zero attached hydrogens (tertiary/aromatic N) is 2. The summed E-state index contributed by atoms with van der Waals surface area (Å²) in [4.78, 5) is 0. The highest BCUT2D eigenvalue weighted by atomic mass is 16.3. The number of nitrogens with two attached hydrogens (primary N) is 1. The van der Waals surface area contributed by atoms with Gasteiger partial charge < -0.3 is 15.6 Å². The molecule has 0 saturated carbocycles. The van der Waals surface area contributed by atoms with Gasteiger partial charge in [0.1, 0.15) is 5.76 Å². The van der Waals surface area contributed by atoms with Crippen molar-refractivity contribution < 1.29 is 4.42 Å². The number of nitrogens with one attached hydrogen (secondary N) is 1. The van der Waals surface area contributed by atoms with Crippen LogP contribution in [0.4, 0.5) is 5.69 Å². The maximum Gasteiger partial charge on any atom is 0.109 e. The first kappa shape index (κ1) is 11.3. The second-order valence-corrected chi connectivity index (χ2v) is 3.90. The van der Waals surface area contributed by atoms with Crippen LogP contribution in [-0.4, -0.2) is 15.9 Å². The van der Waals surface area contributed by atoms with Crippen LogP contribution in [0.3, 0.4) is 0 Å². The van der Waals surface area contributed by atoms with E-state index in [-0.39, 0.29) is 0 Å². The molecule has 0 atom stereocenters. The summed E-state index contributed by atoms with van der Waals surface area (Å²) in [5, 5.41) is 15.8. The summed E-state index contributed by atoms with van der Waals surface area (Å²) in [5.41, 5.74) is 8.92. The van der Waals surface area contributed by atoms with Gasteiger partial charge in [0, 0.05) is 11.3 Å². The lowest BCUT2D eigenvalue weighted by Gasteiger charge is -2.09. The second-order valence-electron chi connectivity index (χ2n) is 3.90. The van der Waals surface area contributed by atoms with Gasteiger partial charge in [-0.3, -0.25) is 0 Å². The molecule has 5 heteroatoms. The van der Waals surface area contributed by atoms with E-state index < -0.39 is 0 Å². The van der Waals surface area contributed by atoms with E-state index >= 15 is 0 Å². The highest BCUT2D eigenvalue weighted by molar-refractivity contribution is 6.02. The molecule has 3 N–H and O–H groups in total. The molecule has 0 aliphatic heterocycles. The van der Waals surface area contributed by atoms with Crippen LogP contribution >= 0.6 is 0 Å². The van der Waals surface area contributed by atoms with E-state index in [9.17, 15) is 0 Å². The molecule has 0 amide bonds. The number of rotatable bonds is 3. The first-order valence-electron chi connectivity index (χ1n) is 5.29. The molecule has 2 aromatic heterocycles. The van der Waals surface area contributed by atoms with Crippen LogP contribution in [0.25, 0.3) is 0 Å². The van der Waals surface area contributed by atoms with Crippen LogP contribution in [0, 0.1) is 12.3 Å². The third kappa shape index (κ3) is 2.18. The molecule has 2 heterocycles. The van der Waals surface area contributed by atoms with Crippen LogP contribution in [-0.2, 0) is 6.42 Å². The van der Waals surface area contributed by atoms with Crippen LogP contribution in [0.15, 0.2) is 22.8 Å². The lowest BCUT2D eigenvalue weighted by molar-refractivity contribution is 0.518. The Morgan fingerprint density at radius 1 is 1.47 bits per heavy atom. The Morgan fingerprint density at radius 2 is 2.24 bits per heavy atom. The first-order chi connectivity index (χ1) is 8.09. The SMILES string of the molecule is CC(=N)c1c(C)nnc(Cc2ccco2)c1N. The zero-order valence-corrected chi connectivity index (χ0v) is 9.82. The molecule has 2 rings (SSSR count). The lowest BCUT2D eigenvalue weighted by atomic mass is 10.1. The van der Waals surface area contributed by atoms with Crippen molar-refractivity contribution in [2.45, 2.75) is 20.3 Å². The van der Waals surface area contributed by atoms with Crippen molar-refractivity contribution >= 4 is 11.4 Å². The third-order valence-corrected chi connectivity index (χ3v) is 2.56. The van der Waals surface area contributed by atoms with Crippen molar-refractivity contribution in [3.63, 3.8) is 0 Å². The zero-order chi connectivity index (χ0) is 12.4. The predicted octanol–water partition coefficient (Wildman–Crippen LogP) is 1.94. The highest BCUT2D eigenvalue weighted by Crippen LogP contribution is 2.20. The van der Waals surface area contributed by atoms with Crippen LogP contribution in [0.1, 0.15) is 29.6 Å². The summed E-state index contributed by atoms with van der Waals surface area (Å²) < 4.78 is 5.25. The lowest BCUT2D eigenvalue weighted by Crippen LogP contribution is -2.11. The molecule has 88 valence electrons. The molecular formula is C12H14N4O. The Hall–Kier alpha value is -2.17. The maximum absolute atomic E-state index is 7.69. The molecule has 0 radical (unpaired) electrons. The van der Waals surface area contributed by atoms with Gasteiger partial charge in [-0.15, -0.1) is 0 Å². The Balaban J connectivity index is 2.42. The monoisotopic (exact) mass is 230 g/mol. The molecule has 2 aromatic rings. The predicted molar refractivity (Wildman–Crippen MR) is 65.2 cm³/mol. The average molecular weight is 230 g/mol. The van der Waals surface area contributed by atoms with Gasteiger partial charge in [-0.1, -0.05) is 0 Å². The summed E-state index contributed by atoms with van der Waals surface area (Å²) >= 11 is 0. The van der Waals surface area contributed by atoms with E-state index in [2.05, 4.69) is 10.2 Å². The first-order valence-corrected chi connectivity index (χ1v) is 5.29. The molecule has 0 saturated heterocycles. The normalized spacial score (nSPS) is 10.5. The van der Waals surface area contributed by atoms with Gasteiger partial charge in [0.15, 0.2) is 0 Å². The van der Waals surface area contributed by atoms with Crippen molar-refractivity contribution in [2.75, 3.05) is 5.73 Å². The fraction of sp³-hybridized carbons (Fsp3) is 0.250. The van der Waals surface area contributed by atoms with E-state index in [1.807, 2.05) is 12.1 Å². The third-order valence-electron chi connectivity index (χ3n) is 2.56. The standard InChI is InChI=1S/C12H14N4O/c1-7(13)11-8(2)15-16-10(12(11)14)6-9-4-3-5-17-9/h3-5,13H,6H2,1-2H3,(H2,14,15). The number of aromatic nitrogens is 2. The molecule has 0 fully saturated rings. The molecule has 17 heavy (non-hydrogen) atoms. The van der Waals surface area contributed by atoms with E-state index in [1.165, 1.54) is 0 Å². The van der Waals surface area contributed by atoms with Gasteiger partial charge in [-0.2, -0.15) is 10.2 Å². The topological polar surface area (TPSA) is 88.8 Å². The molecule has 0 aliphatic rings. The minimum absolute atomic E-state index is 0.399. The van der Waals surface area contributed by atoms with Gasteiger partial charge in [-0.05, 0) is 26.0 Å². The summed E-state index contributed by atoms with van der Waals surface area (Å²) in [6, 6.07) is 3.67. The minimum atomic E-state index is 0.399. The quantitative estimate of drug-likeness (QED) is 0.788. The number of anilines is 1. The van der Waals surface area contributed by atoms with Gasteiger partial charge in [-0.25, -0.2) is 0 Å². The Labute approximate surface area is 99.2 Å². The maximum atomic E-state index is 7.69. The van der Waals surface area contributed by atoms with E-state index in [4.69, 9.17) is 15.6 Å². The largest absolute Gasteiger partial charge is 0.469 e. The Bertz CT molecular complexity index is 546. The van der Waals surface area contributed by atoms with Gasteiger partial charge in [0.2, 0.25) is 0 Å². The van der Waals surface area contributed by atoms with E-state index in [0.29, 0.717) is 34.8 Å². The molecule has 0 aromatic carbocycles. The average Bonchev–Trinajstić information content (AvgIpc) is 2.74. The van der Waals surface area contributed by atoms with Crippen LogP contribution in [0.2, 0.25) is 0 Å². The molecule has 0 unspecified atom stereocenters. The van der Waals surface area contributed by atoms with Crippen molar-refractivity contribution in [3.05, 3.63) is 41.1 Å². The highest BCUT2D eigenvalue weighted by Gasteiger charge is 2.14. The number of aryl methyl sites for hydroxylation is 1. The van der Waals surface area contributed by atoms with Gasteiger partial charge >= 0.3 is 0 Å². The number of nitrogen functional groups attached to an aromatic ring is 1. The van der Waals surface area contributed by atoms with E-state index in [1.54, 1.807) is 20.1 Å². The van der Waals surface area contributed by atoms with Crippen molar-refractivity contribution in [3.8, 4) is 0 Å². The van der Waals surface area contributed by atoms with Gasteiger partial charge in [0.05, 0.1) is 29.8 Å². The number of furan rings is 1.